The van der Waals surface area contributed by atoms with Crippen LogP contribution in [0.25, 0.3) is 0 Å². The number of halogens is 1. The number of nitrogens with one attached hydrogen (secondary N) is 1. The molecule has 4 heteroatoms. The average molecular weight is 238 g/mol. The summed E-state index contributed by atoms with van der Waals surface area (Å²) in [5.74, 6) is -0.393. The quantitative estimate of drug-likeness (QED) is 0.827. The molecule has 17 heavy (non-hydrogen) atoms. The largest absolute Gasteiger partial charge is 0.374 e. The molecule has 1 aromatic carbocycles. The molecule has 1 aromatic rings. The summed E-state index contributed by atoms with van der Waals surface area (Å²) < 4.78 is 13.2. The van der Waals surface area contributed by atoms with Crippen molar-refractivity contribution in [3.8, 4) is 0 Å². The molecule has 1 rings (SSSR count). The molecule has 1 atom stereocenters. The van der Waals surface area contributed by atoms with Crippen LogP contribution in [0.4, 0.5) is 10.1 Å². The molecule has 1 unspecified atom stereocenters. The van der Waals surface area contributed by atoms with Gasteiger partial charge in [0.25, 0.3) is 0 Å². The Hall–Kier alpha value is -1.58. The Kier molecular flexibility index (Phi) is 4.49. The van der Waals surface area contributed by atoms with Crippen molar-refractivity contribution >= 4 is 11.6 Å². The van der Waals surface area contributed by atoms with E-state index in [2.05, 4.69) is 5.32 Å². The van der Waals surface area contributed by atoms with Gasteiger partial charge in [0.15, 0.2) is 0 Å². The Morgan fingerprint density at radius 3 is 2.53 bits per heavy atom. The number of rotatable bonds is 5. The van der Waals surface area contributed by atoms with Crippen LogP contribution in [0.3, 0.4) is 0 Å². The number of benzene rings is 1. The fraction of sp³-hybridized carbons (Fsp3) is 0.462. The smallest absolute Gasteiger partial charge is 0.239 e. The van der Waals surface area contributed by atoms with Gasteiger partial charge in [0.1, 0.15) is 11.9 Å². The van der Waals surface area contributed by atoms with Gasteiger partial charge in [-0.15, -0.1) is 0 Å². The van der Waals surface area contributed by atoms with Crippen molar-refractivity contribution in [1.29, 1.82) is 0 Å². The van der Waals surface area contributed by atoms with E-state index in [-0.39, 0.29) is 5.82 Å². The fourth-order valence-electron chi connectivity index (χ4n) is 1.74. The van der Waals surface area contributed by atoms with E-state index in [0.29, 0.717) is 18.0 Å². The van der Waals surface area contributed by atoms with Crippen molar-refractivity contribution in [3.63, 3.8) is 0 Å². The van der Waals surface area contributed by atoms with Gasteiger partial charge in [-0.25, -0.2) is 4.39 Å². The molecular formula is C13H19FN2O. The first kappa shape index (κ1) is 13.5. The van der Waals surface area contributed by atoms with Crippen LogP contribution in [0.15, 0.2) is 18.2 Å². The van der Waals surface area contributed by atoms with Crippen LogP contribution in [0.5, 0.6) is 0 Å². The second-order valence-electron chi connectivity index (χ2n) is 4.75. The van der Waals surface area contributed by atoms with Gasteiger partial charge < -0.3 is 11.1 Å². The summed E-state index contributed by atoms with van der Waals surface area (Å²) in [6.07, 6.45) is 0.630. The highest BCUT2D eigenvalue weighted by Crippen LogP contribution is 2.16. The van der Waals surface area contributed by atoms with Gasteiger partial charge in [0.05, 0.1) is 0 Å². The van der Waals surface area contributed by atoms with Gasteiger partial charge in [0, 0.05) is 5.69 Å². The summed E-state index contributed by atoms with van der Waals surface area (Å²) >= 11 is 0. The molecule has 0 aliphatic heterocycles. The molecule has 0 radical (unpaired) electrons. The van der Waals surface area contributed by atoms with E-state index in [4.69, 9.17) is 5.73 Å². The molecule has 1 amide bonds. The molecule has 3 N–H and O–H groups in total. The number of nitrogens with two attached hydrogens (primary N) is 1. The van der Waals surface area contributed by atoms with Crippen LogP contribution >= 0.6 is 0 Å². The fourth-order valence-corrected chi connectivity index (χ4v) is 1.74. The predicted molar refractivity (Wildman–Crippen MR) is 67.2 cm³/mol. The van der Waals surface area contributed by atoms with Gasteiger partial charge >= 0.3 is 0 Å². The van der Waals surface area contributed by atoms with Crippen LogP contribution < -0.4 is 11.1 Å². The third-order valence-corrected chi connectivity index (χ3v) is 2.43. The van der Waals surface area contributed by atoms with Crippen molar-refractivity contribution in [2.24, 2.45) is 11.7 Å². The number of hydrogen-bond donors (Lipinski definition) is 2. The van der Waals surface area contributed by atoms with Gasteiger partial charge in [-0.1, -0.05) is 13.8 Å². The van der Waals surface area contributed by atoms with Crippen LogP contribution in [0.2, 0.25) is 0 Å². The zero-order valence-corrected chi connectivity index (χ0v) is 10.5. The molecule has 0 heterocycles. The number of aryl methyl sites for hydroxylation is 1. The molecule has 0 spiro atoms. The molecule has 0 aliphatic rings. The van der Waals surface area contributed by atoms with Gasteiger partial charge in [-0.3, -0.25) is 4.79 Å². The molecular weight excluding hydrogens is 219 g/mol. The Balaban J connectivity index is 2.82. The van der Waals surface area contributed by atoms with Crippen molar-refractivity contribution in [1.82, 2.24) is 0 Å². The van der Waals surface area contributed by atoms with Crippen molar-refractivity contribution in [2.45, 2.75) is 33.2 Å². The third kappa shape index (κ3) is 4.43. The molecule has 94 valence electrons. The van der Waals surface area contributed by atoms with E-state index >= 15 is 0 Å². The molecule has 0 aromatic heterocycles. The maximum atomic E-state index is 13.2. The molecule has 0 aliphatic carbocycles. The first-order chi connectivity index (χ1) is 7.88. The van der Waals surface area contributed by atoms with E-state index in [0.717, 1.165) is 5.56 Å². The standard InChI is InChI=1S/C13H19FN2O/c1-8(2)4-12(13(15)17)16-11-6-9(3)5-10(14)7-11/h5-8,12,16H,4H2,1-3H3,(H2,15,17). The van der Waals surface area contributed by atoms with E-state index in [1.807, 2.05) is 13.8 Å². The minimum absolute atomic E-state index is 0.319. The number of amides is 1. The number of hydrogen-bond acceptors (Lipinski definition) is 2. The summed E-state index contributed by atoms with van der Waals surface area (Å²) in [6.45, 7) is 5.82. The molecule has 0 bridgehead atoms. The lowest BCUT2D eigenvalue weighted by atomic mass is 10.0. The van der Waals surface area contributed by atoms with Crippen molar-refractivity contribution in [3.05, 3.63) is 29.6 Å². The lowest BCUT2D eigenvalue weighted by Crippen LogP contribution is -2.36. The molecule has 3 nitrogen and oxygen atoms in total. The summed E-state index contributed by atoms with van der Waals surface area (Å²) in [5.41, 5.74) is 6.71. The highest BCUT2D eigenvalue weighted by Gasteiger charge is 2.16. The first-order valence-electron chi connectivity index (χ1n) is 5.71. The normalized spacial score (nSPS) is 12.5. The zero-order valence-electron chi connectivity index (χ0n) is 10.5. The summed E-state index contributed by atoms with van der Waals surface area (Å²) in [7, 11) is 0. The predicted octanol–water partition coefficient (Wildman–Crippen LogP) is 2.45. The maximum absolute atomic E-state index is 13.2. The average Bonchev–Trinajstić information content (AvgIpc) is 2.13. The first-order valence-corrected chi connectivity index (χ1v) is 5.71. The second-order valence-corrected chi connectivity index (χ2v) is 4.75. The monoisotopic (exact) mass is 238 g/mol. The maximum Gasteiger partial charge on any atom is 0.239 e. The van der Waals surface area contributed by atoms with Crippen molar-refractivity contribution < 1.29 is 9.18 Å². The van der Waals surface area contributed by atoms with E-state index in [1.54, 1.807) is 13.0 Å². The van der Waals surface area contributed by atoms with Crippen molar-refractivity contribution in [2.75, 3.05) is 5.32 Å². The zero-order chi connectivity index (χ0) is 13.0. The summed E-state index contributed by atoms with van der Waals surface area (Å²) in [4.78, 5) is 11.3. The third-order valence-electron chi connectivity index (χ3n) is 2.43. The topological polar surface area (TPSA) is 55.1 Å². The van der Waals surface area contributed by atoms with Gasteiger partial charge in [0.2, 0.25) is 5.91 Å². The SMILES string of the molecule is Cc1cc(F)cc(NC(CC(C)C)C(N)=O)c1. The Morgan fingerprint density at radius 2 is 2.06 bits per heavy atom. The summed E-state index contributed by atoms with van der Waals surface area (Å²) in [5, 5.41) is 2.98. The van der Waals surface area contributed by atoms with Gasteiger partial charge in [-0.2, -0.15) is 0 Å². The number of carbonyl (C=O) groups is 1. The molecule has 0 saturated carbocycles. The Labute approximate surface area is 101 Å². The highest BCUT2D eigenvalue weighted by molar-refractivity contribution is 5.82. The number of primary amides is 1. The highest BCUT2D eigenvalue weighted by atomic mass is 19.1. The van der Waals surface area contributed by atoms with Crippen LogP contribution in [0.1, 0.15) is 25.8 Å². The van der Waals surface area contributed by atoms with Crippen LogP contribution in [-0.2, 0) is 4.79 Å². The van der Waals surface area contributed by atoms with Crippen LogP contribution in [-0.4, -0.2) is 11.9 Å². The van der Waals surface area contributed by atoms with Crippen LogP contribution in [0, 0.1) is 18.7 Å². The minimum Gasteiger partial charge on any atom is -0.374 e. The lowest BCUT2D eigenvalue weighted by Gasteiger charge is -2.18. The molecule has 0 saturated heterocycles. The lowest BCUT2D eigenvalue weighted by molar-refractivity contribution is -0.119. The van der Waals surface area contributed by atoms with Gasteiger partial charge in [-0.05, 0) is 43.0 Å². The second kappa shape index (κ2) is 5.66. The van der Waals surface area contributed by atoms with E-state index < -0.39 is 11.9 Å². The molecule has 0 fully saturated rings. The number of anilines is 1. The Bertz CT molecular complexity index is 384. The van der Waals surface area contributed by atoms with E-state index in [1.165, 1.54) is 12.1 Å². The van der Waals surface area contributed by atoms with E-state index in [9.17, 15) is 9.18 Å². The minimum atomic E-state index is -0.462. The summed E-state index contributed by atoms with van der Waals surface area (Å²) in [6, 6.07) is 4.13. The number of carbonyl (C=O) groups excluding carboxylic acids is 1. The Morgan fingerprint density at radius 1 is 1.41 bits per heavy atom.